The lowest BCUT2D eigenvalue weighted by Gasteiger charge is -2.13. The third kappa shape index (κ3) is 2.61. The average Bonchev–Trinajstić information content (AvgIpc) is 2.66. The maximum absolute atomic E-state index is 13.8. The molecule has 1 aromatic rings. The summed E-state index contributed by atoms with van der Waals surface area (Å²) in [5.74, 6) is -0.774. The quantitative estimate of drug-likeness (QED) is 0.902. The van der Waals surface area contributed by atoms with Gasteiger partial charge in [-0.3, -0.25) is 0 Å². The minimum Gasteiger partial charge on any atom is -0.310 e. The molecule has 0 radical (unpaired) electrons. The van der Waals surface area contributed by atoms with Gasteiger partial charge in [0.2, 0.25) is 0 Å². The Morgan fingerprint density at radius 2 is 2.18 bits per heavy atom. The van der Waals surface area contributed by atoms with Crippen LogP contribution < -0.4 is 5.32 Å². The number of sulfone groups is 1. The first-order valence-corrected chi connectivity index (χ1v) is 7.59. The van der Waals surface area contributed by atoms with Gasteiger partial charge in [-0.2, -0.15) is 0 Å². The molecule has 2 rings (SSSR count). The third-order valence-corrected chi connectivity index (χ3v) is 4.42. The summed E-state index contributed by atoms with van der Waals surface area (Å²) in [5.41, 5.74) is 0.706. The molecule has 6 heteroatoms. The second kappa shape index (κ2) is 4.55. The SMILES string of the molecule is CS(=O)(=O)c1c(F)cc(C2CCCN2)cc1Cl. The molecule has 0 aromatic heterocycles. The molecule has 1 fully saturated rings. The molecule has 1 heterocycles. The fourth-order valence-corrected chi connectivity index (χ4v) is 3.57. The average molecular weight is 278 g/mol. The molecule has 0 saturated carbocycles. The van der Waals surface area contributed by atoms with Crippen LogP contribution >= 0.6 is 11.6 Å². The molecule has 1 N–H and O–H groups in total. The Kier molecular flexibility index (Phi) is 3.43. The van der Waals surface area contributed by atoms with E-state index in [1.807, 2.05) is 0 Å². The lowest BCUT2D eigenvalue weighted by atomic mass is 10.1. The summed E-state index contributed by atoms with van der Waals surface area (Å²) in [5, 5.41) is 3.17. The van der Waals surface area contributed by atoms with Crippen LogP contribution in [-0.2, 0) is 9.84 Å². The fraction of sp³-hybridized carbons (Fsp3) is 0.455. The van der Waals surface area contributed by atoms with E-state index in [4.69, 9.17) is 11.6 Å². The molecular weight excluding hydrogens is 265 g/mol. The molecule has 0 amide bonds. The molecule has 1 unspecified atom stereocenters. The van der Waals surface area contributed by atoms with Crippen LogP contribution in [0.2, 0.25) is 5.02 Å². The van der Waals surface area contributed by atoms with E-state index in [1.54, 1.807) is 0 Å². The lowest BCUT2D eigenvalue weighted by molar-refractivity contribution is 0.564. The van der Waals surface area contributed by atoms with Crippen molar-refractivity contribution in [3.8, 4) is 0 Å². The van der Waals surface area contributed by atoms with E-state index in [-0.39, 0.29) is 11.1 Å². The normalized spacial score (nSPS) is 20.8. The summed E-state index contributed by atoms with van der Waals surface area (Å²) in [7, 11) is -3.63. The number of rotatable bonds is 2. The zero-order valence-corrected chi connectivity index (χ0v) is 10.9. The predicted molar refractivity (Wildman–Crippen MR) is 64.5 cm³/mol. The first kappa shape index (κ1) is 12.8. The monoisotopic (exact) mass is 277 g/mol. The summed E-state index contributed by atoms with van der Waals surface area (Å²) >= 11 is 5.85. The molecule has 1 aromatic carbocycles. The van der Waals surface area contributed by atoms with Gasteiger partial charge in [0.1, 0.15) is 10.7 Å². The van der Waals surface area contributed by atoms with Gasteiger partial charge in [-0.25, -0.2) is 12.8 Å². The highest BCUT2D eigenvalue weighted by Gasteiger charge is 2.23. The van der Waals surface area contributed by atoms with Crippen molar-refractivity contribution in [1.82, 2.24) is 5.32 Å². The highest BCUT2D eigenvalue weighted by molar-refractivity contribution is 7.90. The number of hydrogen-bond donors (Lipinski definition) is 1. The van der Waals surface area contributed by atoms with Gasteiger partial charge in [-0.05, 0) is 37.1 Å². The van der Waals surface area contributed by atoms with E-state index in [0.717, 1.165) is 25.6 Å². The standard InChI is InChI=1S/C11H13ClFNO2S/c1-17(15,16)11-8(12)5-7(6-9(11)13)10-3-2-4-14-10/h5-6,10,14H,2-4H2,1H3. The van der Waals surface area contributed by atoms with Crippen molar-refractivity contribution in [3.63, 3.8) is 0 Å². The van der Waals surface area contributed by atoms with Crippen LogP contribution in [0.25, 0.3) is 0 Å². The third-order valence-electron chi connectivity index (χ3n) is 2.85. The molecule has 0 aliphatic carbocycles. The van der Waals surface area contributed by atoms with Gasteiger partial charge in [-0.1, -0.05) is 11.6 Å². The topological polar surface area (TPSA) is 46.2 Å². The van der Waals surface area contributed by atoms with Crippen LogP contribution in [0.3, 0.4) is 0 Å². The summed E-state index contributed by atoms with van der Waals surface area (Å²) < 4.78 is 36.5. The van der Waals surface area contributed by atoms with Crippen molar-refractivity contribution >= 4 is 21.4 Å². The maximum atomic E-state index is 13.8. The van der Waals surface area contributed by atoms with Gasteiger partial charge in [0, 0.05) is 12.3 Å². The van der Waals surface area contributed by atoms with Crippen LogP contribution in [0.5, 0.6) is 0 Å². The van der Waals surface area contributed by atoms with E-state index in [1.165, 1.54) is 12.1 Å². The minimum absolute atomic E-state index is 0.0452. The summed E-state index contributed by atoms with van der Waals surface area (Å²) in [6.45, 7) is 0.887. The Labute approximate surface area is 105 Å². The van der Waals surface area contributed by atoms with Gasteiger partial charge in [0.25, 0.3) is 0 Å². The minimum atomic E-state index is -3.63. The first-order chi connectivity index (χ1) is 7.89. The molecule has 1 saturated heterocycles. The van der Waals surface area contributed by atoms with Crippen LogP contribution in [-0.4, -0.2) is 21.2 Å². The van der Waals surface area contributed by atoms with Gasteiger partial charge < -0.3 is 5.32 Å². The zero-order chi connectivity index (χ0) is 12.6. The summed E-state index contributed by atoms with van der Waals surface area (Å²) in [4.78, 5) is -0.416. The Morgan fingerprint density at radius 1 is 1.47 bits per heavy atom. The number of benzene rings is 1. The second-order valence-electron chi connectivity index (χ2n) is 4.23. The number of hydrogen-bond acceptors (Lipinski definition) is 3. The van der Waals surface area contributed by atoms with Crippen molar-refractivity contribution in [3.05, 3.63) is 28.5 Å². The molecule has 1 atom stereocenters. The van der Waals surface area contributed by atoms with Crippen molar-refractivity contribution in [2.24, 2.45) is 0 Å². The maximum Gasteiger partial charge on any atom is 0.179 e. The molecule has 17 heavy (non-hydrogen) atoms. The Bertz CT molecular complexity index is 515. The van der Waals surface area contributed by atoms with Crippen LogP contribution in [0.15, 0.2) is 17.0 Å². The molecule has 0 bridgehead atoms. The molecule has 0 spiro atoms. The molecule has 1 aliphatic heterocycles. The van der Waals surface area contributed by atoms with Gasteiger partial charge in [-0.15, -0.1) is 0 Å². The molecular formula is C11H13ClFNO2S. The highest BCUT2D eigenvalue weighted by Crippen LogP contribution is 2.31. The molecule has 94 valence electrons. The van der Waals surface area contributed by atoms with E-state index in [0.29, 0.717) is 5.56 Å². The number of halogens is 2. The second-order valence-corrected chi connectivity index (χ2v) is 6.59. The lowest BCUT2D eigenvalue weighted by Crippen LogP contribution is -2.14. The fourth-order valence-electron chi connectivity index (χ4n) is 2.10. The van der Waals surface area contributed by atoms with Crippen molar-refractivity contribution in [2.75, 3.05) is 12.8 Å². The summed E-state index contributed by atoms with van der Waals surface area (Å²) in [6, 6.07) is 2.85. The van der Waals surface area contributed by atoms with E-state index in [9.17, 15) is 12.8 Å². The van der Waals surface area contributed by atoms with Crippen LogP contribution in [0, 0.1) is 5.82 Å². The van der Waals surface area contributed by atoms with Crippen molar-refractivity contribution in [2.45, 2.75) is 23.8 Å². The summed E-state index contributed by atoms with van der Waals surface area (Å²) in [6.07, 6.45) is 2.89. The van der Waals surface area contributed by atoms with E-state index >= 15 is 0 Å². The highest BCUT2D eigenvalue weighted by atomic mass is 35.5. The van der Waals surface area contributed by atoms with Crippen LogP contribution in [0.1, 0.15) is 24.4 Å². The van der Waals surface area contributed by atoms with Crippen molar-refractivity contribution < 1.29 is 12.8 Å². The Hall–Kier alpha value is -0.650. The van der Waals surface area contributed by atoms with Gasteiger partial charge >= 0.3 is 0 Å². The van der Waals surface area contributed by atoms with Gasteiger partial charge in [0.15, 0.2) is 9.84 Å². The Balaban J connectivity index is 2.48. The smallest absolute Gasteiger partial charge is 0.179 e. The zero-order valence-electron chi connectivity index (χ0n) is 9.33. The molecule has 1 aliphatic rings. The largest absolute Gasteiger partial charge is 0.310 e. The van der Waals surface area contributed by atoms with E-state index < -0.39 is 20.5 Å². The molecule has 3 nitrogen and oxygen atoms in total. The van der Waals surface area contributed by atoms with Crippen molar-refractivity contribution in [1.29, 1.82) is 0 Å². The number of nitrogens with one attached hydrogen (secondary N) is 1. The van der Waals surface area contributed by atoms with Gasteiger partial charge in [0.05, 0.1) is 5.02 Å². The first-order valence-electron chi connectivity index (χ1n) is 5.32. The van der Waals surface area contributed by atoms with E-state index in [2.05, 4.69) is 5.32 Å². The predicted octanol–water partition coefficient (Wildman–Crippen LogP) is 2.31. The Morgan fingerprint density at radius 3 is 2.65 bits per heavy atom. The van der Waals surface area contributed by atoms with Crippen LogP contribution in [0.4, 0.5) is 4.39 Å².